The Hall–Kier alpha value is -2.66. The van der Waals surface area contributed by atoms with Crippen LogP contribution in [0.25, 0.3) is 0 Å². The van der Waals surface area contributed by atoms with E-state index in [4.69, 9.17) is 0 Å². The van der Waals surface area contributed by atoms with Gasteiger partial charge in [-0.25, -0.2) is 0 Å². The molecule has 1 amide bonds. The molecule has 0 aromatic heterocycles. The lowest BCUT2D eigenvalue weighted by Gasteiger charge is -2.33. The van der Waals surface area contributed by atoms with Gasteiger partial charge < -0.3 is 10.0 Å². The number of fused-ring (bicyclic) bond motifs is 1. The van der Waals surface area contributed by atoms with Crippen LogP contribution in [0.1, 0.15) is 29.9 Å². The number of anilines is 1. The minimum Gasteiger partial charge on any atom is -0.481 e. The molecule has 4 rings (SSSR count). The number of para-hydroxylation sites is 1. The lowest BCUT2D eigenvalue weighted by atomic mass is 9.95. The van der Waals surface area contributed by atoms with Crippen LogP contribution in [0.4, 0.5) is 5.69 Å². The summed E-state index contributed by atoms with van der Waals surface area (Å²) in [6.07, 6.45) is 1.64. The first-order valence-electron chi connectivity index (χ1n) is 9.53. The van der Waals surface area contributed by atoms with E-state index in [1.165, 1.54) is 5.56 Å². The van der Waals surface area contributed by atoms with E-state index >= 15 is 0 Å². The largest absolute Gasteiger partial charge is 0.481 e. The second kappa shape index (κ2) is 7.53. The summed E-state index contributed by atoms with van der Waals surface area (Å²) in [6.45, 7) is 2.94. The SMILES string of the molecule is O=C(O)C1CN(C(=O)C2CCN(Cc3ccccc3)CC2)c2ccccc21. The van der Waals surface area contributed by atoms with Crippen LogP contribution in [-0.4, -0.2) is 41.5 Å². The Balaban J connectivity index is 1.41. The number of hydrogen-bond donors (Lipinski definition) is 1. The maximum Gasteiger partial charge on any atom is 0.312 e. The van der Waals surface area contributed by atoms with Gasteiger partial charge in [0.2, 0.25) is 5.91 Å². The van der Waals surface area contributed by atoms with Crippen molar-refractivity contribution in [3.05, 3.63) is 65.7 Å². The Kier molecular flexibility index (Phi) is 4.94. The van der Waals surface area contributed by atoms with E-state index in [-0.39, 0.29) is 18.4 Å². The van der Waals surface area contributed by atoms with Crippen molar-refractivity contribution in [2.24, 2.45) is 5.92 Å². The van der Waals surface area contributed by atoms with E-state index in [0.29, 0.717) is 0 Å². The van der Waals surface area contributed by atoms with Crippen LogP contribution in [-0.2, 0) is 16.1 Å². The molecule has 5 nitrogen and oxygen atoms in total. The zero-order valence-corrected chi connectivity index (χ0v) is 15.3. The first kappa shape index (κ1) is 17.7. The number of rotatable bonds is 4. The summed E-state index contributed by atoms with van der Waals surface area (Å²) in [5.41, 5.74) is 2.81. The number of nitrogens with zero attached hydrogens (tertiary/aromatic N) is 2. The lowest BCUT2D eigenvalue weighted by Crippen LogP contribution is -2.42. The van der Waals surface area contributed by atoms with Gasteiger partial charge in [0.25, 0.3) is 0 Å². The third-order valence-electron chi connectivity index (χ3n) is 5.72. The molecule has 2 aromatic carbocycles. The second-order valence-corrected chi connectivity index (χ2v) is 7.43. The average Bonchev–Trinajstić information content (AvgIpc) is 3.09. The van der Waals surface area contributed by atoms with E-state index in [0.717, 1.165) is 43.7 Å². The smallest absolute Gasteiger partial charge is 0.312 e. The summed E-state index contributed by atoms with van der Waals surface area (Å²) in [7, 11) is 0. The molecule has 2 aliphatic heterocycles. The normalized spacial score (nSPS) is 20.4. The molecule has 27 heavy (non-hydrogen) atoms. The van der Waals surface area contributed by atoms with Crippen molar-refractivity contribution in [3.8, 4) is 0 Å². The highest BCUT2D eigenvalue weighted by atomic mass is 16.4. The highest BCUT2D eigenvalue weighted by molar-refractivity contribution is 6.00. The zero-order chi connectivity index (χ0) is 18.8. The van der Waals surface area contributed by atoms with E-state index in [1.807, 2.05) is 30.3 Å². The predicted molar refractivity (Wildman–Crippen MR) is 104 cm³/mol. The van der Waals surface area contributed by atoms with Crippen molar-refractivity contribution in [2.75, 3.05) is 24.5 Å². The number of piperidine rings is 1. The number of hydrogen-bond acceptors (Lipinski definition) is 3. The third-order valence-corrected chi connectivity index (χ3v) is 5.72. The molecular formula is C22H24N2O3. The van der Waals surface area contributed by atoms with E-state index < -0.39 is 11.9 Å². The van der Waals surface area contributed by atoms with Crippen molar-refractivity contribution in [3.63, 3.8) is 0 Å². The molecule has 140 valence electrons. The van der Waals surface area contributed by atoms with Gasteiger partial charge in [-0.05, 0) is 43.1 Å². The maximum absolute atomic E-state index is 13.1. The van der Waals surface area contributed by atoms with Crippen molar-refractivity contribution < 1.29 is 14.7 Å². The number of carbonyl (C=O) groups is 2. The van der Waals surface area contributed by atoms with Crippen LogP contribution >= 0.6 is 0 Å². The molecule has 2 aromatic rings. The van der Waals surface area contributed by atoms with Crippen molar-refractivity contribution >= 4 is 17.6 Å². The first-order chi connectivity index (χ1) is 13.1. The van der Waals surface area contributed by atoms with E-state index in [1.54, 1.807) is 4.90 Å². The monoisotopic (exact) mass is 364 g/mol. The van der Waals surface area contributed by atoms with Crippen molar-refractivity contribution in [1.82, 2.24) is 4.90 Å². The summed E-state index contributed by atoms with van der Waals surface area (Å²) < 4.78 is 0. The summed E-state index contributed by atoms with van der Waals surface area (Å²) >= 11 is 0. The number of benzene rings is 2. The second-order valence-electron chi connectivity index (χ2n) is 7.43. The van der Waals surface area contributed by atoms with Gasteiger partial charge in [-0.1, -0.05) is 48.5 Å². The van der Waals surface area contributed by atoms with Crippen LogP contribution in [0.15, 0.2) is 54.6 Å². The zero-order valence-electron chi connectivity index (χ0n) is 15.3. The molecule has 1 unspecified atom stereocenters. The summed E-state index contributed by atoms with van der Waals surface area (Å²) in [4.78, 5) is 28.8. The molecule has 1 saturated heterocycles. The number of amides is 1. The minimum absolute atomic E-state index is 0.0300. The van der Waals surface area contributed by atoms with E-state index in [9.17, 15) is 14.7 Å². The van der Waals surface area contributed by atoms with Gasteiger partial charge in [-0.2, -0.15) is 0 Å². The van der Waals surface area contributed by atoms with E-state index in [2.05, 4.69) is 29.2 Å². The lowest BCUT2D eigenvalue weighted by molar-refractivity contribution is -0.138. The number of carboxylic acids is 1. The van der Waals surface area contributed by atoms with Gasteiger partial charge in [0.1, 0.15) is 5.92 Å². The van der Waals surface area contributed by atoms with Gasteiger partial charge in [0.15, 0.2) is 0 Å². The average molecular weight is 364 g/mol. The van der Waals surface area contributed by atoms with Gasteiger partial charge in [0, 0.05) is 24.7 Å². The maximum atomic E-state index is 13.1. The molecule has 0 saturated carbocycles. The number of carbonyl (C=O) groups excluding carboxylic acids is 1. The standard InChI is InChI=1S/C22H24N2O3/c25-21(24-15-19(22(26)27)18-8-4-5-9-20(18)24)17-10-12-23(13-11-17)14-16-6-2-1-3-7-16/h1-9,17,19H,10-15H2,(H,26,27). The van der Waals surface area contributed by atoms with Gasteiger partial charge >= 0.3 is 5.97 Å². The highest BCUT2D eigenvalue weighted by Crippen LogP contribution is 2.38. The Morgan fingerprint density at radius 3 is 2.33 bits per heavy atom. The molecular weight excluding hydrogens is 340 g/mol. The summed E-state index contributed by atoms with van der Waals surface area (Å²) in [5.74, 6) is -1.44. The quantitative estimate of drug-likeness (QED) is 0.906. The summed E-state index contributed by atoms with van der Waals surface area (Å²) in [5, 5.41) is 9.50. The molecule has 0 aliphatic carbocycles. The molecule has 2 aliphatic rings. The molecule has 0 bridgehead atoms. The van der Waals surface area contributed by atoms with Crippen molar-refractivity contribution in [1.29, 1.82) is 0 Å². The summed E-state index contributed by atoms with van der Waals surface area (Å²) in [6, 6.07) is 17.8. The Bertz CT molecular complexity index is 828. The molecule has 2 heterocycles. The Morgan fingerprint density at radius 1 is 0.963 bits per heavy atom. The Labute approximate surface area is 159 Å². The first-order valence-corrected chi connectivity index (χ1v) is 9.53. The molecule has 0 radical (unpaired) electrons. The van der Waals surface area contributed by atoms with Crippen LogP contribution in [0.2, 0.25) is 0 Å². The van der Waals surface area contributed by atoms with Crippen LogP contribution < -0.4 is 4.90 Å². The number of aliphatic carboxylic acids is 1. The molecule has 1 atom stereocenters. The van der Waals surface area contributed by atoms with Crippen LogP contribution in [0, 0.1) is 5.92 Å². The number of carboxylic acid groups (broad SMARTS) is 1. The highest BCUT2D eigenvalue weighted by Gasteiger charge is 2.39. The topological polar surface area (TPSA) is 60.9 Å². The third kappa shape index (κ3) is 3.60. The molecule has 1 N–H and O–H groups in total. The predicted octanol–water partition coefficient (Wildman–Crippen LogP) is 3.11. The molecule has 5 heteroatoms. The number of likely N-dealkylation sites (tertiary alicyclic amines) is 1. The van der Waals surface area contributed by atoms with Gasteiger partial charge in [0.05, 0.1) is 0 Å². The van der Waals surface area contributed by atoms with Gasteiger partial charge in [-0.3, -0.25) is 14.5 Å². The van der Waals surface area contributed by atoms with Crippen LogP contribution in [0.5, 0.6) is 0 Å². The molecule has 1 fully saturated rings. The Morgan fingerprint density at radius 2 is 1.63 bits per heavy atom. The van der Waals surface area contributed by atoms with Crippen molar-refractivity contribution in [2.45, 2.75) is 25.3 Å². The fourth-order valence-electron chi connectivity index (χ4n) is 4.23. The minimum atomic E-state index is -0.865. The fraction of sp³-hybridized carbons (Fsp3) is 0.364. The van der Waals surface area contributed by atoms with Crippen LogP contribution in [0.3, 0.4) is 0 Å². The fourth-order valence-corrected chi connectivity index (χ4v) is 4.23. The molecule has 0 spiro atoms. The van der Waals surface area contributed by atoms with Gasteiger partial charge in [-0.15, -0.1) is 0 Å².